The molecule has 19 heteroatoms. The number of aliphatic hydroxyl groups is 1. The maximum absolute atomic E-state index is 13.1. The summed E-state index contributed by atoms with van der Waals surface area (Å²) >= 11 is 0. The molecular formula is C86H168O17P2. The maximum Gasteiger partial charge on any atom is 0.472 e. The first-order valence-electron chi connectivity index (χ1n) is 44.6. The molecule has 105 heavy (non-hydrogen) atoms. The molecule has 0 fully saturated rings. The van der Waals surface area contributed by atoms with Gasteiger partial charge < -0.3 is 33.8 Å². The van der Waals surface area contributed by atoms with Gasteiger partial charge in [0, 0.05) is 25.7 Å². The van der Waals surface area contributed by atoms with Crippen LogP contribution in [-0.2, 0) is 65.4 Å². The van der Waals surface area contributed by atoms with Gasteiger partial charge in [-0.15, -0.1) is 0 Å². The molecule has 0 radical (unpaired) electrons. The molecule has 0 rings (SSSR count). The quantitative estimate of drug-likeness (QED) is 0.0222. The summed E-state index contributed by atoms with van der Waals surface area (Å²) in [7, 11) is -9.92. The number of phosphoric ester groups is 2. The smallest absolute Gasteiger partial charge is 0.462 e. The van der Waals surface area contributed by atoms with Gasteiger partial charge in [-0.1, -0.05) is 413 Å². The lowest BCUT2D eigenvalue weighted by Crippen LogP contribution is -2.30. The van der Waals surface area contributed by atoms with Gasteiger partial charge in [0.25, 0.3) is 0 Å². The maximum atomic E-state index is 13.1. The number of carbonyl (C=O) groups excluding carboxylic acids is 4. The fraction of sp³-hybridized carbons (Fsp3) is 0.953. The highest BCUT2D eigenvalue weighted by molar-refractivity contribution is 7.47. The van der Waals surface area contributed by atoms with E-state index in [2.05, 4.69) is 34.6 Å². The van der Waals surface area contributed by atoms with Gasteiger partial charge in [0.05, 0.1) is 26.4 Å². The zero-order chi connectivity index (χ0) is 76.9. The van der Waals surface area contributed by atoms with Crippen molar-refractivity contribution in [2.45, 2.75) is 483 Å². The van der Waals surface area contributed by atoms with Crippen LogP contribution in [0.25, 0.3) is 0 Å². The third-order valence-electron chi connectivity index (χ3n) is 20.3. The van der Waals surface area contributed by atoms with E-state index in [1.165, 1.54) is 283 Å². The molecule has 0 saturated heterocycles. The topological polar surface area (TPSA) is 237 Å². The Bertz CT molecular complexity index is 2000. The molecule has 0 aromatic heterocycles. The van der Waals surface area contributed by atoms with Gasteiger partial charge in [-0.05, 0) is 31.6 Å². The second-order valence-electron chi connectivity index (χ2n) is 31.4. The number of ether oxygens (including phenoxy) is 4. The van der Waals surface area contributed by atoms with E-state index < -0.39 is 97.5 Å². The number of aliphatic hydroxyl groups excluding tert-OH is 1. The molecule has 3 N–H and O–H groups in total. The molecule has 0 aromatic carbocycles. The Hall–Kier alpha value is -1.94. The third-order valence-corrected chi connectivity index (χ3v) is 22.2. The minimum absolute atomic E-state index is 0.108. The number of unbranched alkanes of at least 4 members (excludes halogenated alkanes) is 58. The van der Waals surface area contributed by atoms with Crippen molar-refractivity contribution in [1.29, 1.82) is 0 Å². The van der Waals surface area contributed by atoms with Crippen molar-refractivity contribution >= 4 is 39.5 Å². The predicted octanol–water partition coefficient (Wildman–Crippen LogP) is 26.4. The lowest BCUT2D eigenvalue weighted by atomic mass is 10.0. The molecule has 0 aliphatic heterocycles. The van der Waals surface area contributed by atoms with Crippen LogP contribution in [0, 0.1) is 5.92 Å². The van der Waals surface area contributed by atoms with Crippen molar-refractivity contribution in [2.24, 2.45) is 5.92 Å². The van der Waals surface area contributed by atoms with Crippen LogP contribution in [0.5, 0.6) is 0 Å². The van der Waals surface area contributed by atoms with Crippen molar-refractivity contribution in [1.82, 2.24) is 0 Å². The summed E-state index contributed by atoms with van der Waals surface area (Å²) in [6.45, 7) is 7.36. The number of esters is 4. The molecule has 0 saturated carbocycles. The van der Waals surface area contributed by atoms with Crippen LogP contribution >= 0.6 is 15.6 Å². The number of hydrogen-bond acceptors (Lipinski definition) is 15. The fourth-order valence-electron chi connectivity index (χ4n) is 13.5. The van der Waals surface area contributed by atoms with Crippen LogP contribution in [0.1, 0.15) is 465 Å². The van der Waals surface area contributed by atoms with Crippen LogP contribution in [-0.4, -0.2) is 96.7 Å². The van der Waals surface area contributed by atoms with Crippen molar-refractivity contribution in [3.05, 3.63) is 0 Å². The van der Waals surface area contributed by atoms with Gasteiger partial charge in [0.1, 0.15) is 19.3 Å². The Morgan fingerprint density at radius 1 is 0.257 bits per heavy atom. The molecule has 0 heterocycles. The zero-order valence-electron chi connectivity index (χ0n) is 68.9. The number of carbonyl (C=O) groups is 4. The van der Waals surface area contributed by atoms with E-state index in [9.17, 15) is 43.2 Å². The zero-order valence-corrected chi connectivity index (χ0v) is 70.7. The van der Waals surface area contributed by atoms with E-state index in [0.717, 1.165) is 102 Å². The monoisotopic (exact) mass is 1540 g/mol. The van der Waals surface area contributed by atoms with Gasteiger partial charge in [0.15, 0.2) is 12.2 Å². The summed E-state index contributed by atoms with van der Waals surface area (Å²) < 4.78 is 68.8. The summed E-state index contributed by atoms with van der Waals surface area (Å²) in [4.78, 5) is 73.1. The van der Waals surface area contributed by atoms with Crippen molar-refractivity contribution in [3.63, 3.8) is 0 Å². The molecular weight excluding hydrogens is 1370 g/mol. The lowest BCUT2D eigenvalue weighted by molar-refractivity contribution is -0.161. The molecule has 624 valence electrons. The van der Waals surface area contributed by atoms with Crippen LogP contribution in [0.4, 0.5) is 0 Å². The normalized spacial score (nSPS) is 13.8. The molecule has 0 bridgehead atoms. The van der Waals surface area contributed by atoms with Gasteiger partial charge in [0.2, 0.25) is 0 Å². The van der Waals surface area contributed by atoms with Gasteiger partial charge in [-0.25, -0.2) is 9.13 Å². The first kappa shape index (κ1) is 103. The second-order valence-corrected chi connectivity index (χ2v) is 34.3. The van der Waals surface area contributed by atoms with Gasteiger partial charge in [-0.3, -0.25) is 37.3 Å². The van der Waals surface area contributed by atoms with Crippen molar-refractivity contribution in [2.75, 3.05) is 39.6 Å². The fourth-order valence-corrected chi connectivity index (χ4v) is 15.1. The molecule has 0 aliphatic rings. The standard InChI is InChI=1S/C86H168O17P2/c1-6-9-12-15-18-21-23-25-27-29-31-33-35-37-42-46-50-55-60-65-70-84(89)97-76-82(103-86(91)71-66-61-56-51-47-43-38-36-34-32-30-28-26-24-22-19-16-13-10-7-2)78-101-105(94,95)99-74-80(87)73-98-104(92,93)100-77-81(75-96-83(88)69-64-59-54-20-17-14-11-8-3)102-85(90)72-67-62-57-52-48-44-40-39-41-45-49-53-58-63-68-79(4)5/h79-82,87H,6-78H2,1-5H3,(H,92,93)(H,94,95)/t80-,81+,82+/m0/s1. The minimum atomic E-state index is -4.96. The number of rotatable bonds is 86. The van der Waals surface area contributed by atoms with Crippen LogP contribution in [0.2, 0.25) is 0 Å². The molecule has 2 unspecified atom stereocenters. The molecule has 5 atom stereocenters. The molecule has 0 aliphatic carbocycles. The van der Waals surface area contributed by atoms with E-state index in [-0.39, 0.29) is 25.7 Å². The molecule has 0 spiro atoms. The molecule has 17 nitrogen and oxygen atoms in total. The first-order chi connectivity index (χ1) is 51.0. The highest BCUT2D eigenvalue weighted by Crippen LogP contribution is 2.45. The number of phosphoric acid groups is 2. The summed E-state index contributed by atoms with van der Waals surface area (Å²) in [6, 6.07) is 0. The average molecular weight is 1540 g/mol. The van der Waals surface area contributed by atoms with E-state index in [0.29, 0.717) is 25.7 Å². The molecule has 0 aromatic rings. The van der Waals surface area contributed by atoms with E-state index in [4.69, 9.17) is 37.0 Å². The van der Waals surface area contributed by atoms with E-state index in [1.807, 2.05) is 0 Å². The SMILES string of the molecule is CCCCCCCCCCCCCCCCCCCCCCC(=O)OC[C@H](COP(=O)(O)OC[C@@H](O)COP(=O)(O)OC[C@@H](COC(=O)CCCCCCCCCC)OC(=O)CCCCCCCCCCCCCCCCC(C)C)OC(=O)CCCCCCCCCCCCCCCCCCCCCC. The largest absolute Gasteiger partial charge is 0.472 e. The van der Waals surface area contributed by atoms with Crippen molar-refractivity contribution in [3.8, 4) is 0 Å². The Morgan fingerprint density at radius 3 is 0.648 bits per heavy atom. The Kier molecular flexibility index (Phi) is 77.3. The highest BCUT2D eigenvalue weighted by atomic mass is 31.2. The Morgan fingerprint density at radius 2 is 0.438 bits per heavy atom. The third kappa shape index (κ3) is 79.9. The highest BCUT2D eigenvalue weighted by Gasteiger charge is 2.30. The van der Waals surface area contributed by atoms with Gasteiger partial charge in [-0.2, -0.15) is 0 Å². The lowest BCUT2D eigenvalue weighted by Gasteiger charge is -2.21. The summed E-state index contributed by atoms with van der Waals surface area (Å²) in [6.07, 6.45) is 72.4. The van der Waals surface area contributed by atoms with E-state index in [1.54, 1.807) is 0 Å². The van der Waals surface area contributed by atoms with Crippen LogP contribution in [0.15, 0.2) is 0 Å². The van der Waals surface area contributed by atoms with Crippen molar-refractivity contribution < 1.29 is 80.2 Å². The second kappa shape index (κ2) is 78.7. The Balaban J connectivity index is 5.18. The molecule has 0 amide bonds. The summed E-state index contributed by atoms with van der Waals surface area (Å²) in [5.41, 5.74) is 0. The Labute approximate surface area is 645 Å². The number of hydrogen-bond donors (Lipinski definition) is 3. The van der Waals surface area contributed by atoms with Gasteiger partial charge >= 0.3 is 39.5 Å². The van der Waals surface area contributed by atoms with E-state index >= 15 is 0 Å². The predicted molar refractivity (Wildman–Crippen MR) is 432 cm³/mol. The van der Waals surface area contributed by atoms with Crippen LogP contribution < -0.4 is 0 Å². The summed E-state index contributed by atoms with van der Waals surface area (Å²) in [5, 5.41) is 10.7. The summed E-state index contributed by atoms with van der Waals surface area (Å²) in [5.74, 6) is -1.31. The minimum Gasteiger partial charge on any atom is -0.462 e. The average Bonchev–Trinajstić information content (AvgIpc) is 0.912. The van der Waals surface area contributed by atoms with Crippen LogP contribution in [0.3, 0.4) is 0 Å². The first-order valence-corrected chi connectivity index (χ1v) is 47.6.